The molecule has 0 fully saturated rings. The van der Waals surface area contributed by atoms with E-state index in [9.17, 15) is 0 Å². The first kappa shape index (κ1) is 9.66. The van der Waals surface area contributed by atoms with E-state index in [2.05, 4.69) is 15.0 Å². The predicted octanol–water partition coefficient (Wildman–Crippen LogP) is -0.0825. The van der Waals surface area contributed by atoms with E-state index in [1.165, 1.54) is 0 Å². The molecule has 0 saturated carbocycles. The van der Waals surface area contributed by atoms with Gasteiger partial charge in [0.05, 0.1) is 0 Å². The standard InChI is InChI=1S/C7H13N5O/c1-7(2,13-3)4-10-5(8)12-6(9)11-4/h1-3H3,(H4,8,9,10,11,12). The van der Waals surface area contributed by atoms with Gasteiger partial charge in [-0.15, -0.1) is 0 Å². The number of hydrogen-bond acceptors (Lipinski definition) is 6. The predicted molar refractivity (Wildman–Crippen MR) is 48.7 cm³/mol. The van der Waals surface area contributed by atoms with Crippen molar-refractivity contribution in [3.63, 3.8) is 0 Å². The van der Waals surface area contributed by atoms with Crippen LogP contribution in [0.4, 0.5) is 11.9 Å². The maximum Gasteiger partial charge on any atom is 0.225 e. The van der Waals surface area contributed by atoms with Crippen LogP contribution in [0.25, 0.3) is 0 Å². The molecule has 6 heteroatoms. The van der Waals surface area contributed by atoms with Gasteiger partial charge in [-0.25, -0.2) is 0 Å². The van der Waals surface area contributed by atoms with E-state index in [0.29, 0.717) is 5.82 Å². The highest BCUT2D eigenvalue weighted by molar-refractivity contribution is 5.27. The highest BCUT2D eigenvalue weighted by atomic mass is 16.5. The van der Waals surface area contributed by atoms with Gasteiger partial charge in [0.15, 0.2) is 5.82 Å². The summed E-state index contributed by atoms with van der Waals surface area (Å²) in [6.45, 7) is 3.64. The van der Waals surface area contributed by atoms with Crippen LogP contribution >= 0.6 is 0 Å². The largest absolute Gasteiger partial charge is 0.371 e. The summed E-state index contributed by atoms with van der Waals surface area (Å²) in [5.41, 5.74) is 10.2. The summed E-state index contributed by atoms with van der Waals surface area (Å²) in [5.74, 6) is 0.639. The Morgan fingerprint density at radius 1 is 1.08 bits per heavy atom. The van der Waals surface area contributed by atoms with Gasteiger partial charge < -0.3 is 16.2 Å². The first-order chi connectivity index (χ1) is 5.95. The van der Waals surface area contributed by atoms with Crippen LogP contribution in [0.5, 0.6) is 0 Å². The number of rotatable bonds is 2. The van der Waals surface area contributed by atoms with E-state index in [-0.39, 0.29) is 11.9 Å². The topological polar surface area (TPSA) is 99.9 Å². The van der Waals surface area contributed by atoms with Gasteiger partial charge in [-0.2, -0.15) is 15.0 Å². The van der Waals surface area contributed by atoms with Crippen molar-refractivity contribution in [1.29, 1.82) is 0 Å². The van der Waals surface area contributed by atoms with E-state index in [1.807, 2.05) is 13.8 Å². The molecule has 1 heterocycles. The number of nitrogens with zero attached hydrogens (tertiary/aromatic N) is 3. The Morgan fingerprint density at radius 2 is 1.54 bits per heavy atom. The molecule has 0 bridgehead atoms. The minimum Gasteiger partial charge on any atom is -0.371 e. The molecule has 72 valence electrons. The van der Waals surface area contributed by atoms with E-state index >= 15 is 0 Å². The van der Waals surface area contributed by atoms with Crippen LogP contribution in [0.1, 0.15) is 19.7 Å². The Labute approximate surface area is 76.3 Å². The van der Waals surface area contributed by atoms with Gasteiger partial charge in [0.2, 0.25) is 11.9 Å². The van der Waals surface area contributed by atoms with Crippen LogP contribution in [0.3, 0.4) is 0 Å². The number of ether oxygens (including phenoxy) is 1. The highest BCUT2D eigenvalue weighted by Gasteiger charge is 2.24. The van der Waals surface area contributed by atoms with Gasteiger partial charge in [0, 0.05) is 7.11 Å². The first-order valence-electron chi connectivity index (χ1n) is 3.78. The van der Waals surface area contributed by atoms with E-state index in [4.69, 9.17) is 16.2 Å². The first-order valence-corrected chi connectivity index (χ1v) is 3.78. The lowest BCUT2D eigenvalue weighted by Gasteiger charge is -2.20. The molecule has 13 heavy (non-hydrogen) atoms. The van der Waals surface area contributed by atoms with Crippen molar-refractivity contribution < 1.29 is 4.74 Å². The van der Waals surface area contributed by atoms with Gasteiger partial charge >= 0.3 is 0 Å². The van der Waals surface area contributed by atoms with Crippen molar-refractivity contribution >= 4 is 11.9 Å². The van der Waals surface area contributed by atoms with Crippen LogP contribution < -0.4 is 11.5 Å². The fraction of sp³-hybridized carbons (Fsp3) is 0.571. The zero-order chi connectivity index (χ0) is 10.1. The van der Waals surface area contributed by atoms with Crippen LogP contribution in [0, 0.1) is 0 Å². The van der Waals surface area contributed by atoms with Crippen molar-refractivity contribution in [1.82, 2.24) is 15.0 Å². The van der Waals surface area contributed by atoms with Gasteiger partial charge in [-0.3, -0.25) is 0 Å². The average molecular weight is 183 g/mol. The molecular weight excluding hydrogens is 170 g/mol. The zero-order valence-corrected chi connectivity index (χ0v) is 7.90. The Morgan fingerprint density at radius 3 is 1.92 bits per heavy atom. The third-order valence-corrected chi connectivity index (χ3v) is 1.72. The summed E-state index contributed by atoms with van der Waals surface area (Å²) in [6.07, 6.45) is 0. The van der Waals surface area contributed by atoms with Crippen LogP contribution in [0.2, 0.25) is 0 Å². The van der Waals surface area contributed by atoms with E-state index in [0.717, 1.165) is 0 Å². The Hall–Kier alpha value is -1.43. The molecule has 1 aromatic rings. The summed E-state index contributed by atoms with van der Waals surface area (Å²) in [6, 6.07) is 0. The van der Waals surface area contributed by atoms with Gasteiger partial charge in [-0.1, -0.05) is 0 Å². The lowest BCUT2D eigenvalue weighted by Crippen LogP contribution is -2.24. The summed E-state index contributed by atoms with van der Waals surface area (Å²) in [4.78, 5) is 11.5. The van der Waals surface area contributed by atoms with Crippen LogP contribution in [0.15, 0.2) is 0 Å². The molecule has 0 atom stereocenters. The molecule has 0 saturated heterocycles. The van der Waals surface area contributed by atoms with E-state index < -0.39 is 5.60 Å². The summed E-state index contributed by atoms with van der Waals surface area (Å²) < 4.78 is 5.17. The smallest absolute Gasteiger partial charge is 0.225 e. The van der Waals surface area contributed by atoms with Crippen molar-refractivity contribution in [3.8, 4) is 0 Å². The molecule has 0 amide bonds. The third-order valence-electron chi connectivity index (χ3n) is 1.72. The molecule has 0 aromatic carbocycles. The fourth-order valence-corrected chi connectivity index (χ4v) is 0.770. The van der Waals surface area contributed by atoms with Crippen molar-refractivity contribution in [2.24, 2.45) is 0 Å². The quantitative estimate of drug-likeness (QED) is 0.665. The van der Waals surface area contributed by atoms with Gasteiger partial charge in [-0.05, 0) is 13.8 Å². The van der Waals surface area contributed by atoms with Gasteiger partial charge in [0.1, 0.15) is 5.60 Å². The number of hydrogen-bond donors (Lipinski definition) is 2. The van der Waals surface area contributed by atoms with Crippen LogP contribution in [-0.2, 0) is 10.3 Å². The number of aromatic nitrogens is 3. The van der Waals surface area contributed by atoms with Crippen molar-refractivity contribution in [2.45, 2.75) is 19.4 Å². The fourth-order valence-electron chi connectivity index (χ4n) is 0.770. The molecule has 4 N–H and O–H groups in total. The van der Waals surface area contributed by atoms with Crippen molar-refractivity contribution in [3.05, 3.63) is 5.82 Å². The molecule has 0 aliphatic heterocycles. The second-order valence-electron chi connectivity index (χ2n) is 3.09. The number of methoxy groups -OCH3 is 1. The SMILES string of the molecule is COC(C)(C)c1nc(N)nc(N)n1. The average Bonchev–Trinajstić information content (AvgIpc) is 2.02. The minimum absolute atomic E-state index is 0.104. The zero-order valence-electron chi connectivity index (χ0n) is 7.90. The molecule has 0 unspecified atom stereocenters. The summed E-state index contributed by atoms with van der Waals surface area (Å²) in [7, 11) is 1.57. The Kier molecular flexibility index (Phi) is 2.33. The lowest BCUT2D eigenvalue weighted by atomic mass is 10.1. The second kappa shape index (κ2) is 3.14. The second-order valence-corrected chi connectivity index (χ2v) is 3.09. The normalized spacial score (nSPS) is 11.6. The lowest BCUT2D eigenvalue weighted by molar-refractivity contribution is 0.0115. The maximum absolute atomic E-state index is 5.41. The molecule has 1 aromatic heterocycles. The molecular formula is C7H13N5O. The Balaban J connectivity index is 3.15. The minimum atomic E-state index is -0.606. The third kappa shape index (κ3) is 2.03. The van der Waals surface area contributed by atoms with E-state index in [1.54, 1.807) is 7.11 Å². The van der Waals surface area contributed by atoms with Crippen LogP contribution in [-0.4, -0.2) is 22.1 Å². The maximum atomic E-state index is 5.41. The molecule has 0 spiro atoms. The molecule has 0 radical (unpaired) electrons. The summed E-state index contributed by atoms with van der Waals surface area (Å²) >= 11 is 0. The summed E-state index contributed by atoms with van der Waals surface area (Å²) in [5, 5.41) is 0. The molecule has 0 aliphatic rings. The Bertz CT molecular complexity index is 292. The van der Waals surface area contributed by atoms with Crippen molar-refractivity contribution in [2.75, 3.05) is 18.6 Å². The molecule has 6 nitrogen and oxygen atoms in total. The molecule has 1 rings (SSSR count). The highest BCUT2D eigenvalue weighted by Crippen LogP contribution is 2.20. The number of anilines is 2. The van der Waals surface area contributed by atoms with Gasteiger partial charge in [0.25, 0.3) is 0 Å². The molecule has 0 aliphatic carbocycles. The number of nitrogens with two attached hydrogens (primary N) is 2. The number of nitrogen functional groups attached to an aromatic ring is 2. The monoisotopic (exact) mass is 183 g/mol.